The number of amides is 1. The molecule has 4 aromatic rings. The molecule has 162 valence electrons. The number of methoxy groups -OCH3 is 1. The Bertz CT molecular complexity index is 1170. The van der Waals surface area contributed by atoms with Gasteiger partial charge in [-0.1, -0.05) is 58.4 Å². The molecule has 0 aliphatic heterocycles. The minimum absolute atomic E-state index is 0.00971. The SMILES string of the molecule is COc1cccc(Cn2cccc2CN(Cc2ccccc2)C(=O)c2ccc(Br)cc2)c1. The number of nitrogens with zero attached hydrogens (tertiary/aromatic N) is 2. The van der Waals surface area contributed by atoms with Crippen LogP contribution in [0.25, 0.3) is 0 Å². The van der Waals surface area contributed by atoms with Crippen LogP contribution in [-0.2, 0) is 19.6 Å². The number of hydrogen-bond acceptors (Lipinski definition) is 2. The van der Waals surface area contributed by atoms with Crippen molar-refractivity contribution in [1.29, 1.82) is 0 Å². The summed E-state index contributed by atoms with van der Waals surface area (Å²) in [6.07, 6.45) is 2.06. The maximum absolute atomic E-state index is 13.4. The fraction of sp³-hybridized carbons (Fsp3) is 0.148. The highest BCUT2D eigenvalue weighted by atomic mass is 79.9. The van der Waals surface area contributed by atoms with Gasteiger partial charge in [0.15, 0.2) is 0 Å². The lowest BCUT2D eigenvalue weighted by molar-refractivity contribution is 0.0726. The summed E-state index contributed by atoms with van der Waals surface area (Å²) in [6, 6.07) is 29.8. The van der Waals surface area contributed by atoms with Gasteiger partial charge in [0.2, 0.25) is 0 Å². The minimum Gasteiger partial charge on any atom is -0.497 e. The summed E-state index contributed by atoms with van der Waals surface area (Å²) in [5.41, 5.74) is 4.00. The molecule has 3 aromatic carbocycles. The summed E-state index contributed by atoms with van der Waals surface area (Å²) in [6.45, 7) is 1.77. The zero-order chi connectivity index (χ0) is 22.3. The van der Waals surface area contributed by atoms with Crippen molar-refractivity contribution >= 4 is 21.8 Å². The molecule has 1 amide bonds. The van der Waals surface area contributed by atoms with Gasteiger partial charge >= 0.3 is 0 Å². The lowest BCUT2D eigenvalue weighted by Gasteiger charge is -2.24. The molecule has 0 aliphatic rings. The molecule has 0 atom stereocenters. The fourth-order valence-electron chi connectivity index (χ4n) is 3.69. The van der Waals surface area contributed by atoms with E-state index in [1.54, 1.807) is 7.11 Å². The van der Waals surface area contributed by atoms with Gasteiger partial charge in [-0.2, -0.15) is 0 Å². The second-order valence-corrected chi connectivity index (χ2v) is 8.55. The first-order valence-corrected chi connectivity index (χ1v) is 11.3. The van der Waals surface area contributed by atoms with E-state index in [9.17, 15) is 4.79 Å². The van der Waals surface area contributed by atoms with Gasteiger partial charge < -0.3 is 14.2 Å². The number of aromatic nitrogens is 1. The van der Waals surface area contributed by atoms with Crippen molar-refractivity contribution in [1.82, 2.24) is 9.47 Å². The van der Waals surface area contributed by atoms with Crippen molar-refractivity contribution < 1.29 is 9.53 Å². The predicted octanol–water partition coefficient (Wildman–Crippen LogP) is 6.15. The summed E-state index contributed by atoms with van der Waals surface area (Å²) in [4.78, 5) is 15.3. The topological polar surface area (TPSA) is 34.5 Å². The van der Waals surface area contributed by atoms with E-state index >= 15 is 0 Å². The molecule has 0 spiro atoms. The Morgan fingerprint density at radius 3 is 2.38 bits per heavy atom. The Kier molecular flexibility index (Phi) is 7.07. The fourth-order valence-corrected chi connectivity index (χ4v) is 3.95. The van der Waals surface area contributed by atoms with Crippen molar-refractivity contribution in [2.45, 2.75) is 19.6 Å². The van der Waals surface area contributed by atoms with Crippen LogP contribution < -0.4 is 4.74 Å². The largest absolute Gasteiger partial charge is 0.497 e. The average molecular weight is 489 g/mol. The van der Waals surface area contributed by atoms with Gasteiger partial charge in [-0.25, -0.2) is 0 Å². The molecule has 0 fully saturated rings. The third-order valence-electron chi connectivity index (χ3n) is 5.36. The van der Waals surface area contributed by atoms with E-state index in [2.05, 4.69) is 51.0 Å². The maximum atomic E-state index is 13.4. The summed E-state index contributed by atoms with van der Waals surface area (Å²) in [5, 5.41) is 0. The number of carbonyl (C=O) groups excluding carboxylic acids is 1. The molecule has 32 heavy (non-hydrogen) atoms. The summed E-state index contributed by atoms with van der Waals surface area (Å²) >= 11 is 3.45. The summed E-state index contributed by atoms with van der Waals surface area (Å²) in [7, 11) is 1.68. The minimum atomic E-state index is 0.00971. The molecule has 0 saturated heterocycles. The normalized spacial score (nSPS) is 10.7. The number of ether oxygens (including phenoxy) is 1. The summed E-state index contributed by atoms with van der Waals surface area (Å²) < 4.78 is 8.50. The van der Waals surface area contributed by atoms with Gasteiger partial charge in [0, 0.05) is 35.0 Å². The number of hydrogen-bond donors (Lipinski definition) is 0. The molecule has 0 aliphatic carbocycles. The molecule has 5 heteroatoms. The first kappa shape index (κ1) is 21.9. The third kappa shape index (κ3) is 5.48. The van der Waals surface area contributed by atoms with E-state index in [0.717, 1.165) is 27.0 Å². The van der Waals surface area contributed by atoms with Crippen molar-refractivity contribution in [2.75, 3.05) is 7.11 Å². The Hall–Kier alpha value is -3.31. The molecule has 4 nitrogen and oxygen atoms in total. The van der Waals surface area contributed by atoms with Crippen LogP contribution in [0.15, 0.2) is 102 Å². The number of rotatable bonds is 8. The van der Waals surface area contributed by atoms with Gasteiger partial charge in [0.05, 0.1) is 13.7 Å². The van der Waals surface area contributed by atoms with Crippen LogP contribution in [0.4, 0.5) is 0 Å². The van der Waals surface area contributed by atoms with Crippen LogP contribution in [0.5, 0.6) is 5.75 Å². The molecule has 1 heterocycles. The van der Waals surface area contributed by atoms with Crippen LogP contribution in [0.2, 0.25) is 0 Å². The van der Waals surface area contributed by atoms with Crippen LogP contribution in [0.1, 0.15) is 27.2 Å². The quantitative estimate of drug-likeness (QED) is 0.298. The Labute approximate surface area is 197 Å². The van der Waals surface area contributed by atoms with Gasteiger partial charge in [0.25, 0.3) is 5.91 Å². The molecule has 1 aromatic heterocycles. The molecule has 0 radical (unpaired) electrons. The molecule has 0 bridgehead atoms. The molecular weight excluding hydrogens is 464 g/mol. The van der Waals surface area contributed by atoms with E-state index in [4.69, 9.17) is 4.74 Å². The van der Waals surface area contributed by atoms with Crippen molar-refractivity contribution in [2.24, 2.45) is 0 Å². The Morgan fingerprint density at radius 1 is 0.875 bits per heavy atom. The van der Waals surface area contributed by atoms with Gasteiger partial charge in [0.1, 0.15) is 5.75 Å². The Balaban J connectivity index is 1.59. The lowest BCUT2D eigenvalue weighted by Crippen LogP contribution is -2.31. The van der Waals surface area contributed by atoms with Gasteiger partial charge in [-0.15, -0.1) is 0 Å². The lowest BCUT2D eigenvalue weighted by atomic mass is 10.1. The average Bonchev–Trinajstić information content (AvgIpc) is 3.26. The predicted molar refractivity (Wildman–Crippen MR) is 131 cm³/mol. The van der Waals surface area contributed by atoms with E-state index in [-0.39, 0.29) is 5.91 Å². The number of halogens is 1. The zero-order valence-electron chi connectivity index (χ0n) is 17.9. The molecular formula is C27H25BrN2O2. The first-order chi connectivity index (χ1) is 15.6. The maximum Gasteiger partial charge on any atom is 0.254 e. The molecule has 0 unspecified atom stereocenters. The smallest absolute Gasteiger partial charge is 0.254 e. The first-order valence-electron chi connectivity index (χ1n) is 10.5. The van der Waals surface area contributed by atoms with Crippen molar-refractivity contribution in [3.63, 3.8) is 0 Å². The van der Waals surface area contributed by atoms with Gasteiger partial charge in [-0.05, 0) is 59.7 Å². The van der Waals surface area contributed by atoms with Crippen LogP contribution >= 0.6 is 15.9 Å². The highest BCUT2D eigenvalue weighted by molar-refractivity contribution is 9.10. The second-order valence-electron chi connectivity index (χ2n) is 7.63. The number of benzene rings is 3. The third-order valence-corrected chi connectivity index (χ3v) is 5.89. The van der Waals surface area contributed by atoms with E-state index < -0.39 is 0 Å². The van der Waals surface area contributed by atoms with E-state index in [1.807, 2.05) is 71.6 Å². The van der Waals surface area contributed by atoms with Crippen molar-refractivity contribution in [3.8, 4) is 5.75 Å². The van der Waals surface area contributed by atoms with Crippen LogP contribution in [-0.4, -0.2) is 22.5 Å². The van der Waals surface area contributed by atoms with Gasteiger partial charge in [-0.3, -0.25) is 4.79 Å². The zero-order valence-corrected chi connectivity index (χ0v) is 19.5. The molecule has 0 saturated carbocycles. The van der Waals surface area contributed by atoms with Crippen LogP contribution in [0.3, 0.4) is 0 Å². The molecule has 4 rings (SSSR count). The number of carbonyl (C=O) groups is 1. The second kappa shape index (κ2) is 10.3. The highest BCUT2D eigenvalue weighted by Gasteiger charge is 2.18. The highest BCUT2D eigenvalue weighted by Crippen LogP contribution is 2.19. The Morgan fingerprint density at radius 2 is 1.62 bits per heavy atom. The van der Waals surface area contributed by atoms with E-state index in [1.165, 1.54) is 0 Å². The van der Waals surface area contributed by atoms with Crippen LogP contribution in [0, 0.1) is 0 Å². The summed E-state index contributed by atoms with van der Waals surface area (Å²) in [5.74, 6) is 0.850. The van der Waals surface area contributed by atoms with E-state index in [0.29, 0.717) is 25.2 Å². The standard InChI is InChI=1S/C27H25BrN2O2/c1-32-26-11-5-9-22(17-26)19-29-16-6-10-25(29)20-30(18-21-7-3-2-4-8-21)27(31)23-12-14-24(28)15-13-23/h2-17H,18-20H2,1H3. The van der Waals surface area contributed by atoms with Crippen molar-refractivity contribution in [3.05, 3.63) is 124 Å². The monoisotopic (exact) mass is 488 g/mol. The molecule has 0 N–H and O–H groups in total.